The van der Waals surface area contributed by atoms with Crippen LogP contribution in [0.4, 0.5) is 5.69 Å². The summed E-state index contributed by atoms with van der Waals surface area (Å²) in [5.74, 6) is 1.01. The molecule has 0 unspecified atom stereocenters. The molecule has 14 heavy (non-hydrogen) atoms. The van der Waals surface area contributed by atoms with Gasteiger partial charge in [0.05, 0.1) is 14.2 Å². The predicted molar refractivity (Wildman–Crippen MR) is 53.8 cm³/mol. The van der Waals surface area contributed by atoms with Gasteiger partial charge in [0.2, 0.25) is 5.91 Å². The zero-order chi connectivity index (χ0) is 10.6. The molecule has 1 aromatic rings. The minimum atomic E-state index is -0.159. The number of methoxy groups -OCH3 is 2. The average Bonchev–Trinajstić information content (AvgIpc) is 2.17. The Hall–Kier alpha value is -1.71. The minimum absolute atomic E-state index is 0.159. The van der Waals surface area contributed by atoms with Gasteiger partial charge in [-0.25, -0.2) is 0 Å². The first-order chi connectivity index (χ1) is 6.69. The molecular formula is C10H13NO3. The number of hydrogen-bond acceptors (Lipinski definition) is 3. The van der Waals surface area contributed by atoms with E-state index in [1.165, 1.54) is 6.92 Å². The maximum Gasteiger partial charge on any atom is 0.221 e. The van der Waals surface area contributed by atoms with Crippen LogP contribution in [0.25, 0.3) is 0 Å². The van der Waals surface area contributed by atoms with Gasteiger partial charge in [0.25, 0.3) is 0 Å². The van der Waals surface area contributed by atoms with Crippen molar-refractivity contribution in [3.8, 4) is 11.5 Å². The number of anilines is 1. The van der Waals surface area contributed by atoms with Crippen LogP contribution in [0.1, 0.15) is 6.92 Å². The van der Waals surface area contributed by atoms with Crippen molar-refractivity contribution in [2.45, 2.75) is 6.92 Å². The van der Waals surface area contributed by atoms with Crippen molar-refractivity contribution in [2.75, 3.05) is 19.5 Å². The first-order valence-electron chi connectivity index (χ1n) is 4.17. The fourth-order valence-corrected chi connectivity index (χ4v) is 1.15. The van der Waals surface area contributed by atoms with Crippen molar-refractivity contribution in [3.05, 3.63) is 18.2 Å². The van der Waals surface area contributed by atoms with Crippen molar-refractivity contribution < 1.29 is 14.3 Å². The van der Waals surface area contributed by atoms with Crippen LogP contribution in [0.3, 0.4) is 0 Å². The molecule has 1 amide bonds. The second kappa shape index (κ2) is 4.50. The standard InChI is InChI=1S/C10H13NO3/c1-7(12)11-10-8(13-2)5-4-6-9(10)14-3/h4-6H,1-3H3,(H,11,12). The van der Waals surface area contributed by atoms with Crippen LogP contribution >= 0.6 is 0 Å². The molecule has 0 heterocycles. The molecule has 1 rings (SSSR count). The van der Waals surface area contributed by atoms with Crippen LogP contribution in [0.2, 0.25) is 0 Å². The van der Waals surface area contributed by atoms with Gasteiger partial charge in [-0.3, -0.25) is 4.79 Å². The summed E-state index contributed by atoms with van der Waals surface area (Å²) in [5.41, 5.74) is 0.560. The third kappa shape index (κ3) is 2.16. The van der Waals surface area contributed by atoms with Gasteiger partial charge >= 0.3 is 0 Å². The number of ether oxygens (including phenoxy) is 2. The largest absolute Gasteiger partial charge is 0.494 e. The molecule has 4 nitrogen and oxygen atoms in total. The number of carbonyl (C=O) groups excluding carboxylic acids is 1. The molecule has 0 atom stereocenters. The van der Waals surface area contributed by atoms with Gasteiger partial charge in [-0.1, -0.05) is 6.07 Å². The van der Waals surface area contributed by atoms with Crippen molar-refractivity contribution in [1.82, 2.24) is 0 Å². The second-order valence-corrected chi connectivity index (χ2v) is 2.72. The monoisotopic (exact) mass is 195 g/mol. The first kappa shape index (κ1) is 10.4. The van der Waals surface area contributed by atoms with Crippen molar-refractivity contribution in [2.24, 2.45) is 0 Å². The van der Waals surface area contributed by atoms with E-state index in [-0.39, 0.29) is 5.91 Å². The molecule has 0 aromatic heterocycles. The molecule has 0 aliphatic carbocycles. The molecule has 0 spiro atoms. The highest BCUT2D eigenvalue weighted by molar-refractivity contribution is 5.92. The molecule has 4 heteroatoms. The Balaban J connectivity index is 3.12. The van der Waals surface area contributed by atoms with Crippen LogP contribution < -0.4 is 14.8 Å². The molecule has 0 aliphatic rings. The molecular weight excluding hydrogens is 182 g/mol. The lowest BCUT2D eigenvalue weighted by atomic mass is 10.2. The van der Waals surface area contributed by atoms with Crippen LogP contribution in [0.15, 0.2) is 18.2 Å². The number of nitrogens with one attached hydrogen (secondary N) is 1. The maximum absolute atomic E-state index is 10.9. The van der Waals surface area contributed by atoms with Crippen molar-refractivity contribution in [3.63, 3.8) is 0 Å². The summed E-state index contributed by atoms with van der Waals surface area (Å²) in [5, 5.41) is 2.65. The van der Waals surface area contributed by atoms with Gasteiger partial charge in [0, 0.05) is 6.92 Å². The summed E-state index contributed by atoms with van der Waals surface area (Å²) in [6.45, 7) is 1.44. The Labute approximate surface area is 82.8 Å². The number of amides is 1. The molecule has 1 N–H and O–H groups in total. The van der Waals surface area contributed by atoms with Crippen LogP contribution in [-0.2, 0) is 4.79 Å². The number of hydrogen-bond donors (Lipinski definition) is 1. The summed E-state index contributed by atoms with van der Waals surface area (Å²) >= 11 is 0. The zero-order valence-corrected chi connectivity index (χ0v) is 8.46. The quantitative estimate of drug-likeness (QED) is 0.797. The van der Waals surface area contributed by atoms with E-state index < -0.39 is 0 Å². The smallest absolute Gasteiger partial charge is 0.221 e. The Morgan fingerprint density at radius 1 is 1.21 bits per heavy atom. The highest BCUT2D eigenvalue weighted by atomic mass is 16.5. The van der Waals surface area contributed by atoms with E-state index in [0.717, 1.165) is 0 Å². The summed E-state index contributed by atoms with van der Waals surface area (Å²) in [7, 11) is 3.08. The van der Waals surface area contributed by atoms with Gasteiger partial charge in [0.1, 0.15) is 17.2 Å². The fraction of sp³-hybridized carbons (Fsp3) is 0.300. The van der Waals surface area contributed by atoms with Crippen molar-refractivity contribution in [1.29, 1.82) is 0 Å². The molecule has 0 saturated carbocycles. The number of benzene rings is 1. The lowest BCUT2D eigenvalue weighted by molar-refractivity contribution is -0.114. The van der Waals surface area contributed by atoms with Crippen LogP contribution in [0, 0.1) is 0 Å². The molecule has 0 aliphatic heterocycles. The van der Waals surface area contributed by atoms with E-state index in [0.29, 0.717) is 17.2 Å². The zero-order valence-electron chi connectivity index (χ0n) is 8.46. The van der Waals surface area contributed by atoms with E-state index in [2.05, 4.69) is 5.32 Å². The van der Waals surface area contributed by atoms with Gasteiger partial charge in [-0.2, -0.15) is 0 Å². The normalized spacial score (nSPS) is 9.36. The number of para-hydroxylation sites is 1. The molecule has 0 bridgehead atoms. The number of carbonyl (C=O) groups is 1. The molecule has 0 radical (unpaired) electrons. The third-order valence-corrected chi connectivity index (χ3v) is 1.73. The second-order valence-electron chi connectivity index (χ2n) is 2.72. The van der Waals surface area contributed by atoms with E-state index in [9.17, 15) is 4.79 Å². The Bertz CT molecular complexity index is 314. The van der Waals surface area contributed by atoms with Crippen molar-refractivity contribution >= 4 is 11.6 Å². The van der Waals surface area contributed by atoms with Gasteiger partial charge in [0.15, 0.2) is 0 Å². The van der Waals surface area contributed by atoms with E-state index in [4.69, 9.17) is 9.47 Å². The topological polar surface area (TPSA) is 47.6 Å². The Morgan fingerprint density at radius 2 is 1.71 bits per heavy atom. The van der Waals surface area contributed by atoms with Gasteiger partial charge < -0.3 is 14.8 Å². The van der Waals surface area contributed by atoms with Crippen LogP contribution in [0.5, 0.6) is 11.5 Å². The first-order valence-corrected chi connectivity index (χ1v) is 4.17. The molecule has 0 saturated heterocycles. The molecule has 0 fully saturated rings. The molecule has 1 aromatic carbocycles. The van der Waals surface area contributed by atoms with Crippen LogP contribution in [-0.4, -0.2) is 20.1 Å². The molecule has 76 valence electrons. The fourth-order valence-electron chi connectivity index (χ4n) is 1.15. The van der Waals surface area contributed by atoms with E-state index >= 15 is 0 Å². The summed E-state index contributed by atoms with van der Waals surface area (Å²) < 4.78 is 10.2. The SMILES string of the molecule is COc1cccc(OC)c1NC(C)=O. The summed E-state index contributed by atoms with van der Waals surface area (Å²) in [6.07, 6.45) is 0. The lowest BCUT2D eigenvalue weighted by Crippen LogP contribution is -2.08. The van der Waals surface area contributed by atoms with Gasteiger partial charge in [-0.15, -0.1) is 0 Å². The third-order valence-electron chi connectivity index (χ3n) is 1.73. The number of rotatable bonds is 3. The Morgan fingerprint density at radius 3 is 2.07 bits per heavy atom. The maximum atomic E-state index is 10.9. The summed E-state index contributed by atoms with van der Waals surface area (Å²) in [6, 6.07) is 5.31. The highest BCUT2D eigenvalue weighted by Gasteiger charge is 2.09. The summed E-state index contributed by atoms with van der Waals surface area (Å²) in [4.78, 5) is 10.9. The lowest BCUT2D eigenvalue weighted by Gasteiger charge is -2.12. The van der Waals surface area contributed by atoms with E-state index in [1.54, 1.807) is 32.4 Å². The predicted octanol–water partition coefficient (Wildman–Crippen LogP) is 1.66. The minimum Gasteiger partial charge on any atom is -0.494 e. The van der Waals surface area contributed by atoms with E-state index in [1.807, 2.05) is 0 Å². The average molecular weight is 195 g/mol. The van der Waals surface area contributed by atoms with Gasteiger partial charge in [-0.05, 0) is 12.1 Å². The highest BCUT2D eigenvalue weighted by Crippen LogP contribution is 2.33. The Kier molecular flexibility index (Phi) is 3.34.